The zero-order valence-electron chi connectivity index (χ0n) is 12.2. The lowest BCUT2D eigenvalue weighted by atomic mass is 9.77. The van der Waals surface area contributed by atoms with E-state index in [9.17, 15) is 4.79 Å². The van der Waals surface area contributed by atoms with Crippen molar-refractivity contribution in [3.05, 3.63) is 34.9 Å². The van der Waals surface area contributed by atoms with Crippen LogP contribution in [0, 0.1) is 19.3 Å². The number of Topliss-reactive ketones (excluding diaryl/α,β-unsaturated/α-hetero) is 1. The number of nitrogens with one attached hydrogen (secondary N) is 1. The third-order valence-corrected chi connectivity index (χ3v) is 3.94. The number of rotatable bonds is 3. The van der Waals surface area contributed by atoms with Gasteiger partial charge >= 0.3 is 0 Å². The second-order valence-corrected chi connectivity index (χ2v) is 5.93. The van der Waals surface area contributed by atoms with Gasteiger partial charge in [-0.15, -0.1) is 0 Å². The van der Waals surface area contributed by atoms with Crippen molar-refractivity contribution in [3.8, 4) is 0 Å². The Morgan fingerprint density at radius 1 is 1.37 bits per heavy atom. The van der Waals surface area contributed by atoms with Crippen molar-refractivity contribution in [2.24, 2.45) is 5.41 Å². The fourth-order valence-corrected chi connectivity index (χ4v) is 2.59. The van der Waals surface area contributed by atoms with Crippen LogP contribution in [0.3, 0.4) is 0 Å². The van der Waals surface area contributed by atoms with Gasteiger partial charge in [0, 0.05) is 18.7 Å². The molecule has 1 aromatic carbocycles. The molecule has 104 valence electrons. The molecule has 1 aliphatic heterocycles. The van der Waals surface area contributed by atoms with E-state index in [1.165, 1.54) is 5.56 Å². The second kappa shape index (κ2) is 5.43. The van der Waals surface area contributed by atoms with E-state index in [1.807, 2.05) is 39.8 Å². The monoisotopic (exact) mass is 261 g/mol. The SMILES string of the molecule is Cc1ccc(C(=O)C(C)(C)C2CNCCO2)c(C)c1. The van der Waals surface area contributed by atoms with Crippen LogP contribution in [0.15, 0.2) is 18.2 Å². The van der Waals surface area contributed by atoms with Gasteiger partial charge < -0.3 is 10.1 Å². The number of aryl methyl sites for hydroxylation is 2. The molecule has 1 saturated heterocycles. The molecular formula is C16H23NO2. The standard InChI is InChI=1S/C16H23NO2/c1-11-5-6-13(12(2)9-11)15(18)16(3,4)14-10-17-7-8-19-14/h5-6,9,14,17H,7-8,10H2,1-4H3. The van der Waals surface area contributed by atoms with Gasteiger partial charge in [0.1, 0.15) is 0 Å². The third kappa shape index (κ3) is 2.88. The quantitative estimate of drug-likeness (QED) is 0.850. The molecule has 1 unspecified atom stereocenters. The molecule has 19 heavy (non-hydrogen) atoms. The molecule has 2 rings (SSSR count). The van der Waals surface area contributed by atoms with Gasteiger partial charge in [0.2, 0.25) is 0 Å². The van der Waals surface area contributed by atoms with Gasteiger partial charge in [0.05, 0.1) is 18.1 Å². The molecule has 3 heteroatoms. The molecule has 0 spiro atoms. The van der Waals surface area contributed by atoms with Crippen LogP contribution >= 0.6 is 0 Å². The molecule has 0 radical (unpaired) electrons. The Bertz CT molecular complexity index is 474. The first-order chi connectivity index (χ1) is 8.93. The van der Waals surface area contributed by atoms with Gasteiger partial charge in [0.15, 0.2) is 5.78 Å². The number of carbonyl (C=O) groups excluding carboxylic acids is 1. The van der Waals surface area contributed by atoms with Crippen molar-refractivity contribution in [1.82, 2.24) is 5.32 Å². The van der Waals surface area contributed by atoms with Crippen LogP contribution in [0.25, 0.3) is 0 Å². The summed E-state index contributed by atoms with van der Waals surface area (Å²) in [4.78, 5) is 12.8. The first kappa shape index (κ1) is 14.2. The van der Waals surface area contributed by atoms with Gasteiger partial charge in [-0.3, -0.25) is 4.79 Å². The molecule has 1 aromatic rings. The maximum absolute atomic E-state index is 12.8. The van der Waals surface area contributed by atoms with E-state index in [1.54, 1.807) is 0 Å². The summed E-state index contributed by atoms with van der Waals surface area (Å²) in [7, 11) is 0. The fraction of sp³-hybridized carbons (Fsp3) is 0.562. The Hall–Kier alpha value is -1.19. The Morgan fingerprint density at radius 2 is 2.11 bits per heavy atom. The van der Waals surface area contributed by atoms with E-state index in [2.05, 4.69) is 11.4 Å². The minimum atomic E-state index is -0.507. The lowest BCUT2D eigenvalue weighted by molar-refractivity contribution is -0.0324. The first-order valence-electron chi connectivity index (χ1n) is 6.87. The highest BCUT2D eigenvalue weighted by Crippen LogP contribution is 2.30. The number of carbonyl (C=O) groups is 1. The Labute approximate surface area is 115 Å². The minimum absolute atomic E-state index is 0.0607. The summed E-state index contributed by atoms with van der Waals surface area (Å²) < 4.78 is 5.77. The molecule has 1 atom stereocenters. The molecule has 3 nitrogen and oxygen atoms in total. The number of hydrogen-bond donors (Lipinski definition) is 1. The molecule has 0 aliphatic carbocycles. The lowest BCUT2D eigenvalue weighted by Gasteiger charge is -2.36. The van der Waals surface area contributed by atoms with Crippen LogP contribution in [0.2, 0.25) is 0 Å². The van der Waals surface area contributed by atoms with Crippen molar-refractivity contribution in [3.63, 3.8) is 0 Å². The molecule has 0 amide bonds. The summed E-state index contributed by atoms with van der Waals surface area (Å²) in [5, 5.41) is 3.29. The van der Waals surface area contributed by atoms with Gasteiger partial charge in [-0.1, -0.05) is 23.8 Å². The van der Waals surface area contributed by atoms with Crippen molar-refractivity contribution < 1.29 is 9.53 Å². The zero-order valence-corrected chi connectivity index (χ0v) is 12.2. The second-order valence-electron chi connectivity index (χ2n) is 5.93. The number of morpholine rings is 1. The highest BCUT2D eigenvalue weighted by molar-refractivity contribution is 6.01. The Morgan fingerprint density at radius 3 is 2.68 bits per heavy atom. The van der Waals surface area contributed by atoms with Crippen molar-refractivity contribution in [2.45, 2.75) is 33.8 Å². The molecule has 0 saturated carbocycles. The number of ether oxygens (including phenoxy) is 1. The van der Waals surface area contributed by atoms with Crippen LogP contribution in [-0.4, -0.2) is 31.6 Å². The maximum atomic E-state index is 12.8. The van der Waals surface area contributed by atoms with E-state index in [0.717, 1.165) is 24.2 Å². The highest BCUT2D eigenvalue weighted by atomic mass is 16.5. The third-order valence-electron chi connectivity index (χ3n) is 3.94. The van der Waals surface area contributed by atoms with Crippen LogP contribution in [-0.2, 0) is 4.74 Å². The number of ketones is 1. The van der Waals surface area contributed by atoms with E-state index in [-0.39, 0.29) is 11.9 Å². The number of benzene rings is 1. The van der Waals surface area contributed by atoms with Gasteiger partial charge in [0.25, 0.3) is 0 Å². The lowest BCUT2D eigenvalue weighted by Crippen LogP contribution is -2.49. The maximum Gasteiger partial charge on any atom is 0.171 e. The average molecular weight is 261 g/mol. The van der Waals surface area contributed by atoms with Crippen molar-refractivity contribution in [1.29, 1.82) is 0 Å². The van der Waals surface area contributed by atoms with Gasteiger partial charge in [-0.25, -0.2) is 0 Å². The van der Waals surface area contributed by atoms with Crippen LogP contribution in [0.1, 0.15) is 35.3 Å². The molecule has 1 aliphatic rings. The molecule has 1 fully saturated rings. The van der Waals surface area contributed by atoms with Gasteiger partial charge in [-0.2, -0.15) is 0 Å². The number of hydrogen-bond acceptors (Lipinski definition) is 3. The largest absolute Gasteiger partial charge is 0.375 e. The molecular weight excluding hydrogens is 238 g/mol. The van der Waals surface area contributed by atoms with Crippen LogP contribution < -0.4 is 5.32 Å². The van der Waals surface area contributed by atoms with Crippen LogP contribution in [0.5, 0.6) is 0 Å². The zero-order chi connectivity index (χ0) is 14.0. The van der Waals surface area contributed by atoms with Gasteiger partial charge in [-0.05, 0) is 33.3 Å². The van der Waals surface area contributed by atoms with E-state index < -0.39 is 5.41 Å². The predicted molar refractivity (Wildman–Crippen MR) is 76.6 cm³/mol. The Kier molecular flexibility index (Phi) is 4.07. The minimum Gasteiger partial charge on any atom is -0.375 e. The van der Waals surface area contributed by atoms with E-state index >= 15 is 0 Å². The average Bonchev–Trinajstić information content (AvgIpc) is 2.39. The summed E-state index contributed by atoms with van der Waals surface area (Å²) in [6.07, 6.45) is -0.0607. The predicted octanol–water partition coefficient (Wildman–Crippen LogP) is 2.50. The molecule has 0 aromatic heterocycles. The van der Waals surface area contributed by atoms with Crippen molar-refractivity contribution in [2.75, 3.05) is 19.7 Å². The van der Waals surface area contributed by atoms with Crippen LogP contribution in [0.4, 0.5) is 0 Å². The highest BCUT2D eigenvalue weighted by Gasteiger charge is 2.39. The molecule has 1 heterocycles. The Balaban J connectivity index is 2.26. The summed E-state index contributed by atoms with van der Waals surface area (Å²) in [5.41, 5.74) is 2.53. The van der Waals surface area contributed by atoms with Crippen molar-refractivity contribution >= 4 is 5.78 Å². The molecule has 0 bridgehead atoms. The molecule has 1 N–H and O–H groups in total. The first-order valence-corrected chi connectivity index (χ1v) is 6.87. The summed E-state index contributed by atoms with van der Waals surface area (Å²) in [5.74, 6) is 0.165. The summed E-state index contributed by atoms with van der Waals surface area (Å²) in [6, 6.07) is 5.99. The summed E-state index contributed by atoms with van der Waals surface area (Å²) in [6.45, 7) is 10.3. The fourth-order valence-electron chi connectivity index (χ4n) is 2.59. The van der Waals surface area contributed by atoms with E-state index in [4.69, 9.17) is 4.74 Å². The normalized spacial score (nSPS) is 20.3. The smallest absolute Gasteiger partial charge is 0.171 e. The summed E-state index contributed by atoms with van der Waals surface area (Å²) >= 11 is 0. The topological polar surface area (TPSA) is 38.3 Å². The van der Waals surface area contributed by atoms with E-state index in [0.29, 0.717) is 6.61 Å².